The molecule has 0 spiro atoms. The first kappa shape index (κ1) is 10.8. The topological polar surface area (TPSA) is 24.4 Å². The van der Waals surface area contributed by atoms with Crippen LogP contribution in [0.5, 0.6) is 0 Å². The highest BCUT2D eigenvalue weighted by Crippen LogP contribution is 2.42. The molecule has 2 aliphatic rings. The van der Waals surface area contributed by atoms with E-state index in [1.807, 2.05) is 6.34 Å². The third-order valence-electron chi connectivity index (χ3n) is 3.89. The van der Waals surface area contributed by atoms with E-state index in [9.17, 15) is 0 Å². The number of benzene rings is 1. The number of hydrogen-bond donors (Lipinski definition) is 1. The number of rotatable bonds is 4. The lowest BCUT2D eigenvalue weighted by molar-refractivity contribution is 0.649. The van der Waals surface area contributed by atoms with Gasteiger partial charge in [-0.05, 0) is 48.3 Å². The molecule has 2 heteroatoms. The van der Waals surface area contributed by atoms with E-state index in [-0.39, 0.29) is 0 Å². The summed E-state index contributed by atoms with van der Waals surface area (Å²) in [6, 6.07) is 7.37. The maximum absolute atomic E-state index is 4.27. The number of aliphatic imine (C=N–C) groups is 1. The van der Waals surface area contributed by atoms with Crippen LogP contribution in [0.3, 0.4) is 0 Å². The molecule has 1 heterocycles. The predicted octanol–water partition coefficient (Wildman–Crippen LogP) is 2.67. The Bertz CT molecular complexity index is 425. The molecule has 0 amide bonds. The first-order valence-electron chi connectivity index (χ1n) is 6.73. The van der Waals surface area contributed by atoms with Crippen molar-refractivity contribution in [2.45, 2.75) is 44.6 Å². The largest absolute Gasteiger partial charge is 0.372 e. The summed E-state index contributed by atoms with van der Waals surface area (Å²) in [5, 5.41) is 3.35. The molecule has 1 aliphatic heterocycles. The highest BCUT2D eigenvalue weighted by atomic mass is 15.0. The van der Waals surface area contributed by atoms with Crippen molar-refractivity contribution in [2.24, 2.45) is 4.99 Å². The van der Waals surface area contributed by atoms with Crippen molar-refractivity contribution in [3.63, 3.8) is 0 Å². The van der Waals surface area contributed by atoms with Crippen LogP contribution in [0.4, 0.5) is 0 Å². The Balaban J connectivity index is 1.88. The van der Waals surface area contributed by atoms with Crippen LogP contribution in [0.25, 0.3) is 0 Å². The SMILES string of the molecule is CCc1cccc(C2CC2)c1CC1CN=CN1. The van der Waals surface area contributed by atoms with E-state index >= 15 is 0 Å². The fourth-order valence-corrected chi connectivity index (χ4v) is 2.77. The lowest BCUT2D eigenvalue weighted by atomic mass is 9.91. The minimum atomic E-state index is 0.514. The predicted molar refractivity (Wildman–Crippen MR) is 71.8 cm³/mol. The summed E-state index contributed by atoms with van der Waals surface area (Å²) in [5.41, 5.74) is 4.74. The molecule has 1 aliphatic carbocycles. The van der Waals surface area contributed by atoms with Crippen LogP contribution in [0.15, 0.2) is 23.2 Å². The summed E-state index contributed by atoms with van der Waals surface area (Å²) in [6.45, 7) is 3.19. The monoisotopic (exact) mass is 228 g/mol. The first-order valence-corrected chi connectivity index (χ1v) is 6.73. The van der Waals surface area contributed by atoms with Crippen molar-refractivity contribution in [1.82, 2.24) is 5.32 Å². The van der Waals surface area contributed by atoms with Gasteiger partial charge in [-0.2, -0.15) is 0 Å². The van der Waals surface area contributed by atoms with Crippen LogP contribution in [-0.2, 0) is 12.8 Å². The summed E-state index contributed by atoms with van der Waals surface area (Å²) in [5.74, 6) is 0.846. The second-order valence-electron chi connectivity index (χ2n) is 5.17. The van der Waals surface area contributed by atoms with Gasteiger partial charge in [-0.1, -0.05) is 25.1 Å². The zero-order valence-electron chi connectivity index (χ0n) is 10.4. The fourth-order valence-electron chi connectivity index (χ4n) is 2.77. The molecule has 1 N–H and O–H groups in total. The smallest absolute Gasteiger partial charge is 0.0827 e. The Morgan fingerprint density at radius 2 is 2.24 bits per heavy atom. The molecule has 0 saturated heterocycles. The highest BCUT2D eigenvalue weighted by molar-refractivity contribution is 5.57. The Labute approximate surface area is 103 Å². The van der Waals surface area contributed by atoms with Gasteiger partial charge >= 0.3 is 0 Å². The van der Waals surface area contributed by atoms with Gasteiger partial charge in [0.1, 0.15) is 0 Å². The minimum Gasteiger partial charge on any atom is -0.372 e. The number of hydrogen-bond acceptors (Lipinski definition) is 2. The first-order chi connectivity index (χ1) is 8.38. The van der Waals surface area contributed by atoms with Gasteiger partial charge in [-0.25, -0.2) is 0 Å². The molecular weight excluding hydrogens is 208 g/mol. The maximum Gasteiger partial charge on any atom is 0.0827 e. The van der Waals surface area contributed by atoms with Gasteiger partial charge in [0, 0.05) is 0 Å². The van der Waals surface area contributed by atoms with Gasteiger partial charge in [0.25, 0.3) is 0 Å². The van der Waals surface area contributed by atoms with Crippen molar-refractivity contribution >= 4 is 6.34 Å². The summed E-state index contributed by atoms with van der Waals surface area (Å²) < 4.78 is 0. The third kappa shape index (κ3) is 2.21. The summed E-state index contributed by atoms with van der Waals surface area (Å²) in [6.07, 6.45) is 6.90. The van der Waals surface area contributed by atoms with E-state index in [2.05, 4.69) is 35.4 Å². The Kier molecular flexibility index (Phi) is 2.87. The maximum atomic E-state index is 4.27. The molecule has 17 heavy (non-hydrogen) atoms. The Hall–Kier alpha value is -1.31. The molecule has 2 nitrogen and oxygen atoms in total. The quantitative estimate of drug-likeness (QED) is 0.842. The molecular formula is C15H20N2. The third-order valence-corrected chi connectivity index (χ3v) is 3.89. The van der Waals surface area contributed by atoms with Gasteiger partial charge < -0.3 is 5.32 Å². The molecule has 1 fully saturated rings. The summed E-state index contributed by atoms with van der Waals surface area (Å²) >= 11 is 0. The second-order valence-corrected chi connectivity index (χ2v) is 5.17. The van der Waals surface area contributed by atoms with Gasteiger partial charge in [0.05, 0.1) is 18.9 Å². The minimum absolute atomic E-state index is 0.514. The van der Waals surface area contributed by atoms with Crippen LogP contribution in [0.1, 0.15) is 42.4 Å². The van der Waals surface area contributed by atoms with Gasteiger partial charge in [0.2, 0.25) is 0 Å². The van der Waals surface area contributed by atoms with Crippen LogP contribution in [-0.4, -0.2) is 18.9 Å². The van der Waals surface area contributed by atoms with Crippen molar-refractivity contribution in [3.8, 4) is 0 Å². The molecule has 0 bridgehead atoms. The zero-order chi connectivity index (χ0) is 11.7. The van der Waals surface area contributed by atoms with Crippen LogP contribution < -0.4 is 5.32 Å². The molecule has 1 aromatic carbocycles. The van der Waals surface area contributed by atoms with E-state index in [1.54, 1.807) is 11.1 Å². The van der Waals surface area contributed by atoms with Crippen LogP contribution in [0, 0.1) is 0 Å². The summed E-state index contributed by atoms with van der Waals surface area (Å²) in [4.78, 5) is 4.27. The average molecular weight is 228 g/mol. The van der Waals surface area contributed by atoms with Crippen molar-refractivity contribution in [3.05, 3.63) is 34.9 Å². The lowest BCUT2D eigenvalue weighted by Gasteiger charge is -2.17. The van der Waals surface area contributed by atoms with Gasteiger partial charge in [0.15, 0.2) is 0 Å². The van der Waals surface area contributed by atoms with Crippen LogP contribution >= 0.6 is 0 Å². The molecule has 1 saturated carbocycles. The Morgan fingerprint density at radius 1 is 1.35 bits per heavy atom. The molecule has 3 rings (SSSR count). The van der Waals surface area contributed by atoms with Crippen molar-refractivity contribution in [1.29, 1.82) is 0 Å². The van der Waals surface area contributed by atoms with Crippen molar-refractivity contribution in [2.75, 3.05) is 6.54 Å². The van der Waals surface area contributed by atoms with E-state index in [0.29, 0.717) is 6.04 Å². The number of aryl methyl sites for hydroxylation is 1. The molecule has 1 unspecified atom stereocenters. The van der Waals surface area contributed by atoms with E-state index in [4.69, 9.17) is 0 Å². The van der Waals surface area contributed by atoms with E-state index in [1.165, 1.54) is 18.4 Å². The highest BCUT2D eigenvalue weighted by Gasteiger charge is 2.27. The molecule has 0 aromatic heterocycles. The number of nitrogens with one attached hydrogen (secondary N) is 1. The van der Waals surface area contributed by atoms with E-state index in [0.717, 1.165) is 25.3 Å². The lowest BCUT2D eigenvalue weighted by Crippen LogP contribution is -2.28. The zero-order valence-corrected chi connectivity index (χ0v) is 10.4. The average Bonchev–Trinajstić information content (AvgIpc) is 3.08. The second kappa shape index (κ2) is 4.52. The molecule has 0 radical (unpaired) electrons. The standard InChI is InChI=1S/C15H20N2/c1-2-11-4-3-5-14(12-6-7-12)15(11)8-13-9-16-10-17-13/h3-5,10,12-13H,2,6-9H2,1H3,(H,16,17). The van der Waals surface area contributed by atoms with Gasteiger partial charge in [-0.3, -0.25) is 4.99 Å². The Morgan fingerprint density at radius 3 is 2.88 bits per heavy atom. The van der Waals surface area contributed by atoms with Crippen molar-refractivity contribution < 1.29 is 0 Å². The van der Waals surface area contributed by atoms with E-state index < -0.39 is 0 Å². The fraction of sp³-hybridized carbons (Fsp3) is 0.533. The summed E-state index contributed by atoms with van der Waals surface area (Å²) in [7, 11) is 0. The molecule has 1 atom stereocenters. The number of nitrogens with zero attached hydrogens (tertiary/aromatic N) is 1. The van der Waals surface area contributed by atoms with Crippen LogP contribution in [0.2, 0.25) is 0 Å². The normalized spacial score (nSPS) is 22.8. The molecule has 90 valence electrons. The molecule has 1 aromatic rings. The van der Waals surface area contributed by atoms with Gasteiger partial charge in [-0.15, -0.1) is 0 Å².